The predicted molar refractivity (Wildman–Crippen MR) is 66.3 cm³/mol. The molecule has 1 atom stereocenters. The summed E-state index contributed by atoms with van der Waals surface area (Å²) in [6.45, 7) is 2.08. The van der Waals surface area contributed by atoms with Crippen LogP contribution in [-0.4, -0.2) is 6.21 Å². The highest BCUT2D eigenvalue weighted by atomic mass is 79.9. The van der Waals surface area contributed by atoms with Crippen LogP contribution in [0.5, 0.6) is 0 Å². The zero-order chi connectivity index (χ0) is 10.0. The highest BCUT2D eigenvalue weighted by molar-refractivity contribution is 9.09. The van der Waals surface area contributed by atoms with E-state index in [1.54, 1.807) is 11.3 Å². The second kappa shape index (κ2) is 3.83. The van der Waals surface area contributed by atoms with Crippen LogP contribution in [-0.2, 0) is 4.45 Å². The first-order chi connectivity index (χ1) is 6.73. The molecule has 0 spiro atoms. The minimum atomic E-state index is -0.356. The molecule has 0 aliphatic carbocycles. The highest BCUT2D eigenvalue weighted by Crippen LogP contribution is 2.42. The van der Waals surface area contributed by atoms with Crippen LogP contribution in [0.25, 0.3) is 0 Å². The Bertz CT molecular complexity index is 403. The van der Waals surface area contributed by atoms with Crippen molar-refractivity contribution in [1.82, 2.24) is 0 Å². The Morgan fingerprint density at radius 1 is 1.43 bits per heavy atom. The van der Waals surface area contributed by atoms with Crippen LogP contribution in [0.2, 0.25) is 0 Å². The third kappa shape index (κ3) is 1.62. The zero-order valence-electron chi connectivity index (χ0n) is 7.77. The van der Waals surface area contributed by atoms with E-state index in [-0.39, 0.29) is 4.45 Å². The molecule has 1 unspecified atom stereocenters. The van der Waals surface area contributed by atoms with Gasteiger partial charge in [-0.05, 0) is 45.9 Å². The quantitative estimate of drug-likeness (QED) is 0.541. The Hall–Kier alpha value is -0.670. The number of alkyl halides is 1. The van der Waals surface area contributed by atoms with E-state index in [1.165, 1.54) is 10.5 Å². The average molecular weight is 268 g/mol. The molecular weight excluding hydrogens is 258 g/mol. The minimum Gasteiger partial charge on any atom is -0.265 e. The van der Waals surface area contributed by atoms with Crippen LogP contribution in [0.3, 0.4) is 0 Å². The number of nitrogens with zero attached hydrogens (tertiary/aromatic N) is 1. The van der Waals surface area contributed by atoms with Crippen molar-refractivity contribution < 1.29 is 0 Å². The van der Waals surface area contributed by atoms with Crippen molar-refractivity contribution in [2.24, 2.45) is 4.99 Å². The SMILES string of the molecule is CC1=CC=CC=NC1(Br)c1cccs1. The van der Waals surface area contributed by atoms with E-state index in [4.69, 9.17) is 0 Å². The van der Waals surface area contributed by atoms with Gasteiger partial charge in [-0.3, -0.25) is 4.99 Å². The summed E-state index contributed by atoms with van der Waals surface area (Å²) in [6, 6.07) is 4.14. The summed E-state index contributed by atoms with van der Waals surface area (Å²) < 4.78 is -0.356. The van der Waals surface area contributed by atoms with E-state index in [0.29, 0.717) is 0 Å². The molecule has 3 heteroatoms. The number of rotatable bonds is 1. The first-order valence-corrected chi connectivity index (χ1v) is 6.03. The minimum absolute atomic E-state index is 0.356. The maximum atomic E-state index is 4.53. The van der Waals surface area contributed by atoms with E-state index in [0.717, 1.165) is 0 Å². The van der Waals surface area contributed by atoms with Gasteiger partial charge in [-0.15, -0.1) is 11.3 Å². The number of thiophene rings is 1. The van der Waals surface area contributed by atoms with Crippen molar-refractivity contribution in [1.29, 1.82) is 0 Å². The summed E-state index contributed by atoms with van der Waals surface area (Å²) in [5.74, 6) is 0. The summed E-state index contributed by atoms with van der Waals surface area (Å²) >= 11 is 5.41. The smallest absolute Gasteiger partial charge is 0.170 e. The first-order valence-electron chi connectivity index (χ1n) is 4.35. The van der Waals surface area contributed by atoms with Gasteiger partial charge in [-0.2, -0.15) is 0 Å². The van der Waals surface area contributed by atoms with Gasteiger partial charge >= 0.3 is 0 Å². The molecule has 1 nitrogen and oxygen atoms in total. The van der Waals surface area contributed by atoms with Gasteiger partial charge in [0, 0.05) is 11.1 Å². The fourth-order valence-corrected chi connectivity index (χ4v) is 2.83. The van der Waals surface area contributed by atoms with Gasteiger partial charge in [-0.25, -0.2) is 0 Å². The van der Waals surface area contributed by atoms with Gasteiger partial charge in [0.25, 0.3) is 0 Å². The monoisotopic (exact) mass is 267 g/mol. The molecule has 0 radical (unpaired) electrons. The molecule has 0 saturated carbocycles. The molecule has 2 heterocycles. The highest BCUT2D eigenvalue weighted by Gasteiger charge is 2.30. The van der Waals surface area contributed by atoms with Crippen molar-refractivity contribution in [2.45, 2.75) is 11.4 Å². The van der Waals surface area contributed by atoms with E-state index >= 15 is 0 Å². The maximum Gasteiger partial charge on any atom is 0.170 e. The summed E-state index contributed by atoms with van der Waals surface area (Å²) in [5, 5.41) is 2.07. The van der Waals surface area contributed by atoms with Gasteiger partial charge in [0.05, 0.1) is 0 Å². The topological polar surface area (TPSA) is 12.4 Å². The maximum absolute atomic E-state index is 4.53. The molecule has 1 aliphatic rings. The lowest BCUT2D eigenvalue weighted by molar-refractivity contribution is 0.816. The van der Waals surface area contributed by atoms with E-state index < -0.39 is 0 Å². The number of hydrogen-bond acceptors (Lipinski definition) is 2. The summed E-state index contributed by atoms with van der Waals surface area (Å²) in [6.07, 6.45) is 7.87. The fourth-order valence-electron chi connectivity index (χ4n) is 1.33. The van der Waals surface area contributed by atoms with Gasteiger partial charge in [0.15, 0.2) is 4.45 Å². The molecule has 2 rings (SSSR count). The van der Waals surface area contributed by atoms with Gasteiger partial charge < -0.3 is 0 Å². The van der Waals surface area contributed by atoms with E-state index in [1.807, 2.05) is 24.4 Å². The van der Waals surface area contributed by atoms with Crippen molar-refractivity contribution in [3.63, 3.8) is 0 Å². The molecular formula is C11H10BrNS. The summed E-state index contributed by atoms with van der Waals surface area (Å²) in [7, 11) is 0. The lowest BCUT2D eigenvalue weighted by Gasteiger charge is -2.21. The number of halogens is 1. The Morgan fingerprint density at radius 2 is 2.29 bits per heavy atom. The third-order valence-electron chi connectivity index (χ3n) is 2.17. The molecule has 0 amide bonds. The van der Waals surface area contributed by atoms with Crippen LogP contribution in [0.1, 0.15) is 11.8 Å². The Labute approximate surface area is 96.0 Å². The van der Waals surface area contributed by atoms with Crippen LogP contribution in [0, 0.1) is 0 Å². The van der Waals surface area contributed by atoms with Crippen LogP contribution >= 0.6 is 27.3 Å². The van der Waals surface area contributed by atoms with Crippen molar-refractivity contribution >= 4 is 33.5 Å². The molecule has 1 aromatic heterocycles. The number of hydrogen-bond donors (Lipinski definition) is 0. The van der Waals surface area contributed by atoms with E-state index in [9.17, 15) is 0 Å². The van der Waals surface area contributed by atoms with Crippen LogP contribution < -0.4 is 0 Å². The second-order valence-corrected chi connectivity index (χ2v) is 5.21. The normalized spacial score (nSPS) is 26.0. The fraction of sp³-hybridized carbons (Fsp3) is 0.182. The van der Waals surface area contributed by atoms with E-state index in [2.05, 4.69) is 45.4 Å². The van der Waals surface area contributed by atoms with Crippen molar-refractivity contribution in [3.05, 3.63) is 46.2 Å². The largest absolute Gasteiger partial charge is 0.265 e. The molecule has 0 bridgehead atoms. The van der Waals surface area contributed by atoms with Crippen LogP contribution in [0.4, 0.5) is 0 Å². The molecule has 0 saturated heterocycles. The van der Waals surface area contributed by atoms with Gasteiger partial charge in [-0.1, -0.05) is 18.2 Å². The van der Waals surface area contributed by atoms with Gasteiger partial charge in [0.1, 0.15) is 0 Å². The summed E-state index contributed by atoms with van der Waals surface area (Å²) in [5.41, 5.74) is 1.20. The lowest BCUT2D eigenvalue weighted by atomic mass is 10.1. The molecule has 1 aromatic rings. The number of allylic oxidation sites excluding steroid dienone is 3. The second-order valence-electron chi connectivity index (χ2n) is 3.11. The first kappa shape index (κ1) is 9.87. The molecule has 14 heavy (non-hydrogen) atoms. The predicted octanol–water partition coefficient (Wildman–Crippen LogP) is 3.88. The Morgan fingerprint density at radius 3 is 3.00 bits per heavy atom. The molecule has 0 fully saturated rings. The standard InChI is InChI=1S/C11H10BrNS/c1-9-5-2-3-7-13-11(9,12)10-6-4-8-14-10/h2-8H,1H3. The van der Waals surface area contributed by atoms with Crippen LogP contribution in [0.15, 0.2) is 46.3 Å². The van der Waals surface area contributed by atoms with Gasteiger partial charge in [0.2, 0.25) is 0 Å². The zero-order valence-corrected chi connectivity index (χ0v) is 10.2. The molecule has 72 valence electrons. The molecule has 0 aromatic carbocycles. The third-order valence-corrected chi connectivity index (χ3v) is 4.66. The Balaban J connectivity index is 2.50. The number of aliphatic imine (C=N–C) groups is 1. The average Bonchev–Trinajstić information content (AvgIpc) is 2.64. The Kier molecular flexibility index (Phi) is 2.70. The molecule has 0 N–H and O–H groups in total. The molecule has 1 aliphatic heterocycles. The summed E-state index contributed by atoms with van der Waals surface area (Å²) in [4.78, 5) is 5.74. The van der Waals surface area contributed by atoms with Crippen molar-refractivity contribution in [2.75, 3.05) is 0 Å². The van der Waals surface area contributed by atoms with Crippen molar-refractivity contribution in [3.8, 4) is 0 Å². The lowest BCUT2D eigenvalue weighted by Crippen LogP contribution is -2.14.